The highest BCUT2D eigenvalue weighted by Crippen LogP contribution is 2.35. The highest BCUT2D eigenvalue weighted by atomic mass is 35.5. The number of nitrogens with one attached hydrogen (secondary N) is 1. The molecule has 1 saturated carbocycles. The SMILES string of the molecule is O=S(=O)(NC1CCCCC1SC1=NCCS1)c1ccc(Cl)cc1. The summed E-state index contributed by atoms with van der Waals surface area (Å²) < 4.78 is 29.2. The van der Waals surface area contributed by atoms with Gasteiger partial charge in [-0.15, -0.1) is 0 Å². The van der Waals surface area contributed by atoms with Gasteiger partial charge in [-0.3, -0.25) is 4.99 Å². The van der Waals surface area contributed by atoms with Gasteiger partial charge in [0.1, 0.15) is 4.38 Å². The van der Waals surface area contributed by atoms with E-state index in [4.69, 9.17) is 11.6 Å². The Bertz CT molecular complexity index is 676. The van der Waals surface area contributed by atoms with Crippen molar-refractivity contribution < 1.29 is 8.42 Å². The van der Waals surface area contributed by atoms with Crippen molar-refractivity contribution in [2.75, 3.05) is 12.3 Å². The first-order valence-electron chi connectivity index (χ1n) is 7.66. The molecule has 0 aromatic heterocycles. The number of aliphatic imine (C=N–C) groups is 1. The van der Waals surface area contributed by atoms with E-state index in [0.717, 1.165) is 42.4 Å². The Morgan fingerprint density at radius 1 is 1.22 bits per heavy atom. The maximum atomic E-state index is 12.6. The Kier molecular flexibility index (Phi) is 5.96. The van der Waals surface area contributed by atoms with Crippen LogP contribution in [0, 0.1) is 0 Å². The number of rotatable bonds is 4. The van der Waals surface area contributed by atoms with Crippen molar-refractivity contribution in [3.63, 3.8) is 0 Å². The molecule has 4 nitrogen and oxygen atoms in total. The van der Waals surface area contributed by atoms with Crippen molar-refractivity contribution in [1.82, 2.24) is 4.72 Å². The number of benzene rings is 1. The van der Waals surface area contributed by atoms with E-state index in [1.807, 2.05) is 0 Å². The molecule has 1 aliphatic carbocycles. The Hall–Kier alpha value is -0.210. The first-order valence-corrected chi connectivity index (χ1v) is 11.4. The fraction of sp³-hybridized carbons (Fsp3) is 0.533. The van der Waals surface area contributed by atoms with Crippen LogP contribution >= 0.6 is 35.1 Å². The van der Waals surface area contributed by atoms with Crippen LogP contribution in [0.15, 0.2) is 34.2 Å². The van der Waals surface area contributed by atoms with Gasteiger partial charge in [-0.05, 0) is 37.1 Å². The number of nitrogens with zero attached hydrogens (tertiary/aromatic N) is 1. The second kappa shape index (κ2) is 7.78. The lowest BCUT2D eigenvalue weighted by Crippen LogP contribution is -2.44. The van der Waals surface area contributed by atoms with Crippen LogP contribution in [0.5, 0.6) is 0 Å². The number of hydrogen-bond acceptors (Lipinski definition) is 5. The standard InChI is InChI=1S/C15H19ClN2O2S3/c16-11-5-7-12(8-6-11)23(19,20)18-13-3-1-2-4-14(13)22-15-17-9-10-21-15/h5-8,13-14,18H,1-4,9-10H2. The van der Waals surface area contributed by atoms with Gasteiger partial charge in [-0.2, -0.15) is 0 Å². The lowest BCUT2D eigenvalue weighted by molar-refractivity contribution is 0.424. The molecule has 1 heterocycles. The van der Waals surface area contributed by atoms with E-state index < -0.39 is 10.0 Å². The topological polar surface area (TPSA) is 58.5 Å². The highest BCUT2D eigenvalue weighted by Gasteiger charge is 2.31. The Labute approximate surface area is 150 Å². The summed E-state index contributed by atoms with van der Waals surface area (Å²) in [5.41, 5.74) is 0. The number of hydrogen-bond donors (Lipinski definition) is 1. The van der Waals surface area contributed by atoms with E-state index in [1.54, 1.807) is 47.8 Å². The van der Waals surface area contributed by atoms with Gasteiger partial charge in [0.05, 0.1) is 11.4 Å². The monoisotopic (exact) mass is 390 g/mol. The zero-order chi connectivity index (χ0) is 16.3. The van der Waals surface area contributed by atoms with Gasteiger partial charge in [-0.25, -0.2) is 13.1 Å². The normalized spacial score (nSPS) is 25.3. The molecule has 1 fully saturated rings. The second-order valence-corrected chi connectivity index (χ2v) is 10.3. The fourth-order valence-electron chi connectivity index (χ4n) is 2.77. The molecule has 126 valence electrons. The molecule has 1 aromatic carbocycles. The van der Waals surface area contributed by atoms with E-state index in [0.29, 0.717) is 5.02 Å². The summed E-state index contributed by atoms with van der Waals surface area (Å²) in [6.07, 6.45) is 4.11. The molecule has 2 unspecified atom stereocenters. The molecule has 0 spiro atoms. The average molecular weight is 391 g/mol. The van der Waals surface area contributed by atoms with Crippen LogP contribution in [0.3, 0.4) is 0 Å². The third-order valence-corrected chi connectivity index (χ3v) is 8.30. The van der Waals surface area contributed by atoms with Gasteiger partial charge in [-0.1, -0.05) is 48.0 Å². The Morgan fingerprint density at radius 3 is 2.65 bits per heavy atom. The van der Waals surface area contributed by atoms with Crippen LogP contribution in [0.4, 0.5) is 0 Å². The van der Waals surface area contributed by atoms with Crippen LogP contribution in [0.1, 0.15) is 25.7 Å². The van der Waals surface area contributed by atoms with E-state index in [-0.39, 0.29) is 16.2 Å². The van der Waals surface area contributed by atoms with Crippen LogP contribution in [-0.4, -0.2) is 36.4 Å². The minimum Gasteiger partial charge on any atom is -0.271 e. The molecule has 0 amide bonds. The van der Waals surface area contributed by atoms with E-state index in [2.05, 4.69) is 9.71 Å². The lowest BCUT2D eigenvalue weighted by Gasteiger charge is -2.31. The summed E-state index contributed by atoms with van der Waals surface area (Å²) in [6.45, 7) is 0.876. The van der Waals surface area contributed by atoms with Crippen molar-refractivity contribution >= 4 is 49.5 Å². The smallest absolute Gasteiger partial charge is 0.240 e. The molecule has 0 saturated heterocycles. The molecule has 8 heteroatoms. The highest BCUT2D eigenvalue weighted by molar-refractivity contribution is 8.39. The minimum atomic E-state index is -3.51. The minimum absolute atomic E-state index is 0.0432. The molecule has 1 N–H and O–H groups in total. The van der Waals surface area contributed by atoms with E-state index in [9.17, 15) is 8.42 Å². The number of halogens is 1. The van der Waals surface area contributed by atoms with Crippen LogP contribution in [0.2, 0.25) is 5.02 Å². The maximum absolute atomic E-state index is 12.6. The molecular weight excluding hydrogens is 372 g/mol. The summed E-state index contributed by atoms with van der Waals surface area (Å²) in [6, 6.07) is 6.26. The Balaban J connectivity index is 1.71. The van der Waals surface area contributed by atoms with Gasteiger partial charge in [0.2, 0.25) is 10.0 Å². The third kappa shape index (κ3) is 4.66. The fourth-order valence-corrected chi connectivity index (χ4v) is 6.80. The molecule has 3 rings (SSSR count). The summed E-state index contributed by atoms with van der Waals surface area (Å²) in [7, 11) is -3.51. The van der Waals surface area contributed by atoms with Crippen molar-refractivity contribution in [3.05, 3.63) is 29.3 Å². The van der Waals surface area contributed by atoms with Gasteiger partial charge in [0, 0.05) is 22.1 Å². The zero-order valence-electron chi connectivity index (χ0n) is 12.6. The first-order chi connectivity index (χ1) is 11.0. The van der Waals surface area contributed by atoms with Crippen LogP contribution in [-0.2, 0) is 10.0 Å². The van der Waals surface area contributed by atoms with Crippen molar-refractivity contribution in [2.24, 2.45) is 4.99 Å². The van der Waals surface area contributed by atoms with Crippen molar-refractivity contribution in [3.8, 4) is 0 Å². The Morgan fingerprint density at radius 2 is 1.96 bits per heavy atom. The quantitative estimate of drug-likeness (QED) is 0.850. The molecule has 0 radical (unpaired) electrons. The summed E-state index contributed by atoms with van der Waals surface area (Å²) in [5.74, 6) is 1.04. The zero-order valence-corrected chi connectivity index (χ0v) is 15.8. The molecule has 2 atom stereocenters. The van der Waals surface area contributed by atoms with Gasteiger partial charge < -0.3 is 0 Å². The average Bonchev–Trinajstić information content (AvgIpc) is 3.02. The lowest BCUT2D eigenvalue weighted by atomic mass is 9.96. The number of sulfonamides is 1. The first kappa shape index (κ1) is 17.6. The van der Waals surface area contributed by atoms with Crippen molar-refractivity contribution in [2.45, 2.75) is 41.9 Å². The predicted molar refractivity (Wildman–Crippen MR) is 100 cm³/mol. The van der Waals surface area contributed by atoms with E-state index >= 15 is 0 Å². The van der Waals surface area contributed by atoms with Crippen molar-refractivity contribution in [1.29, 1.82) is 0 Å². The molecule has 2 aliphatic rings. The van der Waals surface area contributed by atoms with Gasteiger partial charge in [0.25, 0.3) is 0 Å². The molecular formula is C15H19ClN2O2S3. The van der Waals surface area contributed by atoms with E-state index in [1.165, 1.54) is 0 Å². The van der Waals surface area contributed by atoms with Crippen LogP contribution in [0.25, 0.3) is 0 Å². The molecule has 1 aromatic rings. The maximum Gasteiger partial charge on any atom is 0.240 e. The molecule has 1 aliphatic heterocycles. The van der Waals surface area contributed by atoms with Gasteiger partial charge >= 0.3 is 0 Å². The summed E-state index contributed by atoms with van der Waals surface area (Å²) in [4.78, 5) is 4.75. The molecule has 0 bridgehead atoms. The number of thioether (sulfide) groups is 2. The second-order valence-electron chi connectivity index (χ2n) is 5.62. The van der Waals surface area contributed by atoms with Crippen LogP contribution < -0.4 is 4.72 Å². The predicted octanol–water partition coefficient (Wildman–Crippen LogP) is 3.77. The van der Waals surface area contributed by atoms with Gasteiger partial charge in [0.15, 0.2) is 0 Å². The molecule has 23 heavy (non-hydrogen) atoms. The summed E-state index contributed by atoms with van der Waals surface area (Å²) >= 11 is 9.35. The largest absolute Gasteiger partial charge is 0.271 e. The summed E-state index contributed by atoms with van der Waals surface area (Å²) in [5, 5.41) is 0.793. The third-order valence-electron chi connectivity index (χ3n) is 3.94.